The Morgan fingerprint density at radius 1 is 1.38 bits per heavy atom. The van der Waals surface area contributed by atoms with Gasteiger partial charge in [-0.1, -0.05) is 0 Å². The van der Waals surface area contributed by atoms with Gasteiger partial charge >= 0.3 is 0 Å². The molecule has 2 aromatic heterocycles. The van der Waals surface area contributed by atoms with Crippen molar-refractivity contribution in [1.29, 1.82) is 0 Å². The number of sulfone groups is 1. The van der Waals surface area contributed by atoms with E-state index in [-0.39, 0.29) is 17.3 Å². The number of nitrogens with two attached hydrogens (primary N) is 1. The molecule has 1 amide bonds. The molecule has 1 fully saturated rings. The number of nitrogens with zero attached hydrogens (tertiary/aromatic N) is 3. The maximum absolute atomic E-state index is 11.7. The van der Waals surface area contributed by atoms with Crippen LogP contribution in [0.5, 0.6) is 0 Å². The number of primary amides is 1. The Hall–Kier alpha value is -1.96. The van der Waals surface area contributed by atoms with Gasteiger partial charge in [0.15, 0.2) is 5.65 Å². The molecule has 3 heterocycles. The number of pyridine rings is 1. The van der Waals surface area contributed by atoms with Gasteiger partial charge in [-0.25, -0.2) is 18.4 Å². The molecule has 8 heteroatoms. The molecular weight excluding hydrogens is 292 g/mol. The van der Waals surface area contributed by atoms with Crippen LogP contribution in [0.25, 0.3) is 11.2 Å². The predicted octanol–water partition coefficient (Wildman–Crippen LogP) is 0.454. The van der Waals surface area contributed by atoms with E-state index in [0.29, 0.717) is 24.0 Å². The molecule has 2 N–H and O–H groups in total. The standard InChI is InChI=1S/C13H16N4O3S/c1-13(4-7-21(19,20)8-5-13)17-11-9(3-2-6-15-11)16-12(17)10(14)18/h2-3,6H,4-5,7-8H2,1H3,(H2,14,18). The first-order chi connectivity index (χ1) is 9.82. The molecule has 0 spiro atoms. The lowest BCUT2D eigenvalue weighted by Crippen LogP contribution is -2.41. The number of amides is 1. The molecule has 21 heavy (non-hydrogen) atoms. The minimum atomic E-state index is -3.00. The van der Waals surface area contributed by atoms with Gasteiger partial charge in [0.05, 0.1) is 11.5 Å². The number of imidazole rings is 1. The quantitative estimate of drug-likeness (QED) is 0.866. The molecule has 7 nitrogen and oxygen atoms in total. The van der Waals surface area contributed by atoms with Gasteiger partial charge in [0.1, 0.15) is 15.4 Å². The summed E-state index contributed by atoms with van der Waals surface area (Å²) in [7, 11) is -3.00. The summed E-state index contributed by atoms with van der Waals surface area (Å²) >= 11 is 0. The monoisotopic (exact) mass is 308 g/mol. The van der Waals surface area contributed by atoms with E-state index in [2.05, 4.69) is 9.97 Å². The van der Waals surface area contributed by atoms with Gasteiger partial charge in [-0.15, -0.1) is 0 Å². The zero-order valence-corrected chi connectivity index (χ0v) is 12.4. The van der Waals surface area contributed by atoms with Crippen LogP contribution in [0.1, 0.15) is 30.4 Å². The van der Waals surface area contributed by atoms with Crippen molar-refractivity contribution in [2.24, 2.45) is 5.73 Å². The van der Waals surface area contributed by atoms with Crippen LogP contribution < -0.4 is 5.73 Å². The fraction of sp³-hybridized carbons (Fsp3) is 0.462. The first-order valence-corrected chi connectivity index (χ1v) is 8.49. The molecule has 0 atom stereocenters. The maximum Gasteiger partial charge on any atom is 0.284 e. The van der Waals surface area contributed by atoms with Gasteiger partial charge in [-0.3, -0.25) is 9.36 Å². The molecule has 1 aliphatic rings. The lowest BCUT2D eigenvalue weighted by Gasteiger charge is -2.35. The van der Waals surface area contributed by atoms with Crippen molar-refractivity contribution in [2.45, 2.75) is 25.3 Å². The Morgan fingerprint density at radius 2 is 2.05 bits per heavy atom. The third kappa shape index (κ3) is 2.29. The molecule has 1 aliphatic heterocycles. The van der Waals surface area contributed by atoms with Crippen molar-refractivity contribution in [2.75, 3.05) is 11.5 Å². The van der Waals surface area contributed by atoms with Gasteiger partial charge in [0.25, 0.3) is 5.91 Å². The van der Waals surface area contributed by atoms with E-state index >= 15 is 0 Å². The average Bonchev–Trinajstić information content (AvgIpc) is 2.83. The molecule has 1 saturated heterocycles. The SMILES string of the molecule is CC1(n2c(C(N)=O)nc3cccnc32)CCS(=O)(=O)CC1. The van der Waals surface area contributed by atoms with E-state index in [4.69, 9.17) is 5.73 Å². The van der Waals surface area contributed by atoms with Crippen LogP contribution >= 0.6 is 0 Å². The highest BCUT2D eigenvalue weighted by Crippen LogP contribution is 2.34. The summed E-state index contributed by atoms with van der Waals surface area (Å²) in [5, 5.41) is 0. The molecule has 0 aliphatic carbocycles. The van der Waals surface area contributed by atoms with Gasteiger partial charge in [0.2, 0.25) is 5.82 Å². The highest BCUT2D eigenvalue weighted by molar-refractivity contribution is 7.91. The molecule has 0 aromatic carbocycles. The first-order valence-electron chi connectivity index (χ1n) is 6.67. The van der Waals surface area contributed by atoms with Crippen LogP contribution in [0.3, 0.4) is 0 Å². The van der Waals surface area contributed by atoms with Crippen molar-refractivity contribution >= 4 is 26.9 Å². The van der Waals surface area contributed by atoms with E-state index in [1.54, 1.807) is 22.9 Å². The smallest absolute Gasteiger partial charge is 0.284 e. The Balaban J connectivity index is 2.19. The zero-order chi connectivity index (χ0) is 15.3. The van der Waals surface area contributed by atoms with Crippen LogP contribution in [0, 0.1) is 0 Å². The summed E-state index contributed by atoms with van der Waals surface area (Å²) in [5.74, 6) is -0.323. The van der Waals surface area contributed by atoms with Gasteiger partial charge in [-0.05, 0) is 31.9 Å². The summed E-state index contributed by atoms with van der Waals surface area (Å²) in [6, 6.07) is 3.49. The summed E-state index contributed by atoms with van der Waals surface area (Å²) in [4.78, 5) is 20.2. The van der Waals surface area contributed by atoms with Crippen LogP contribution in [0.2, 0.25) is 0 Å². The third-order valence-corrected chi connectivity index (χ3v) is 5.73. The van der Waals surface area contributed by atoms with Crippen LogP contribution in [-0.2, 0) is 15.4 Å². The second kappa shape index (κ2) is 4.52. The summed E-state index contributed by atoms with van der Waals surface area (Å²) < 4.78 is 25.0. The fourth-order valence-electron chi connectivity index (χ4n) is 2.79. The highest BCUT2D eigenvalue weighted by Gasteiger charge is 2.38. The number of carbonyl (C=O) groups is 1. The molecule has 0 bridgehead atoms. The predicted molar refractivity (Wildman–Crippen MR) is 77.6 cm³/mol. The Morgan fingerprint density at radius 3 is 2.67 bits per heavy atom. The lowest BCUT2D eigenvalue weighted by atomic mass is 9.94. The number of rotatable bonds is 2. The molecular formula is C13H16N4O3S. The minimum Gasteiger partial charge on any atom is -0.363 e. The number of carbonyl (C=O) groups excluding carboxylic acids is 1. The van der Waals surface area contributed by atoms with Crippen LogP contribution in [-0.4, -0.2) is 40.4 Å². The van der Waals surface area contributed by atoms with Crippen molar-refractivity contribution in [1.82, 2.24) is 14.5 Å². The minimum absolute atomic E-state index is 0.0915. The van der Waals surface area contributed by atoms with E-state index in [1.165, 1.54) is 0 Å². The molecule has 3 rings (SSSR count). The highest BCUT2D eigenvalue weighted by atomic mass is 32.2. The Bertz CT molecular complexity index is 811. The van der Waals surface area contributed by atoms with Crippen molar-refractivity contribution in [3.63, 3.8) is 0 Å². The average molecular weight is 308 g/mol. The Kier molecular flexibility index (Phi) is 3.01. The maximum atomic E-state index is 11.7. The van der Waals surface area contributed by atoms with Crippen molar-refractivity contribution in [3.05, 3.63) is 24.2 Å². The Labute approximate surface area is 122 Å². The zero-order valence-electron chi connectivity index (χ0n) is 11.6. The van der Waals surface area contributed by atoms with Gasteiger partial charge in [0, 0.05) is 11.7 Å². The second-order valence-corrected chi connectivity index (χ2v) is 7.93. The lowest BCUT2D eigenvalue weighted by molar-refractivity contribution is 0.0977. The van der Waals surface area contributed by atoms with Crippen LogP contribution in [0.4, 0.5) is 0 Å². The largest absolute Gasteiger partial charge is 0.363 e. The molecule has 0 unspecified atom stereocenters. The normalized spacial score (nSPS) is 20.4. The molecule has 0 radical (unpaired) electrons. The van der Waals surface area contributed by atoms with E-state index in [9.17, 15) is 13.2 Å². The van der Waals surface area contributed by atoms with Gasteiger partial charge in [-0.2, -0.15) is 0 Å². The third-order valence-electron chi connectivity index (χ3n) is 4.08. The van der Waals surface area contributed by atoms with Gasteiger partial charge < -0.3 is 5.73 Å². The topological polar surface area (TPSA) is 108 Å². The number of fused-ring (bicyclic) bond motifs is 1. The van der Waals surface area contributed by atoms with E-state index in [1.807, 2.05) is 6.92 Å². The number of hydrogen-bond donors (Lipinski definition) is 1. The van der Waals surface area contributed by atoms with E-state index < -0.39 is 21.3 Å². The molecule has 2 aromatic rings. The molecule has 112 valence electrons. The second-order valence-electron chi connectivity index (χ2n) is 5.63. The van der Waals surface area contributed by atoms with Crippen molar-refractivity contribution in [3.8, 4) is 0 Å². The number of hydrogen-bond acceptors (Lipinski definition) is 5. The van der Waals surface area contributed by atoms with Crippen molar-refractivity contribution < 1.29 is 13.2 Å². The summed E-state index contributed by atoms with van der Waals surface area (Å²) in [5.41, 5.74) is 6.05. The van der Waals surface area contributed by atoms with E-state index in [0.717, 1.165) is 0 Å². The summed E-state index contributed by atoms with van der Waals surface area (Å²) in [6.07, 6.45) is 2.45. The fourth-order valence-corrected chi connectivity index (χ4v) is 4.50. The number of aromatic nitrogens is 3. The first kappa shape index (κ1) is 14.0. The summed E-state index contributed by atoms with van der Waals surface area (Å²) in [6.45, 7) is 1.92. The van der Waals surface area contributed by atoms with Crippen LogP contribution in [0.15, 0.2) is 18.3 Å². The molecule has 0 saturated carbocycles.